The number of rotatable bonds is 6. The topological polar surface area (TPSA) is 132 Å². The molecule has 0 saturated carbocycles. The molecule has 0 radical (unpaired) electrons. The van der Waals surface area contributed by atoms with Crippen LogP contribution < -0.4 is 10.6 Å². The lowest BCUT2D eigenvalue weighted by Gasteiger charge is -2.25. The van der Waals surface area contributed by atoms with Crippen LogP contribution in [0.4, 0.5) is 0 Å². The maximum atomic E-state index is 12.3. The molecular weight excluding hydrogens is 454 g/mol. The molecule has 11 heteroatoms. The van der Waals surface area contributed by atoms with Gasteiger partial charge in [0.2, 0.25) is 0 Å². The molecule has 0 unspecified atom stereocenters. The van der Waals surface area contributed by atoms with Crippen LogP contribution in [-0.4, -0.2) is 103 Å². The van der Waals surface area contributed by atoms with E-state index < -0.39 is 23.8 Å². The number of carbonyl (C=O) groups is 4. The number of hydrogen-bond donors (Lipinski definition) is 3. The monoisotopic (exact) mass is 489 g/mol. The van der Waals surface area contributed by atoms with Crippen LogP contribution in [0.1, 0.15) is 41.6 Å². The Morgan fingerprint density at radius 3 is 2.00 bits per heavy atom. The van der Waals surface area contributed by atoms with Crippen molar-refractivity contribution in [3.05, 3.63) is 35.4 Å². The highest BCUT2D eigenvalue weighted by atomic mass is 16.7. The summed E-state index contributed by atoms with van der Waals surface area (Å²) >= 11 is 0. The third-order valence-corrected chi connectivity index (χ3v) is 6.00. The largest absolute Gasteiger partial charge is 0.480 e. The van der Waals surface area contributed by atoms with E-state index in [9.17, 15) is 19.2 Å². The van der Waals surface area contributed by atoms with Crippen LogP contribution in [-0.2, 0) is 25.8 Å². The summed E-state index contributed by atoms with van der Waals surface area (Å²) in [5, 5.41) is 16.5. The highest BCUT2D eigenvalue weighted by molar-refractivity contribution is 6.02. The van der Waals surface area contributed by atoms with Crippen molar-refractivity contribution in [1.29, 1.82) is 0 Å². The van der Waals surface area contributed by atoms with Crippen LogP contribution in [0.25, 0.3) is 0 Å². The van der Waals surface area contributed by atoms with Crippen molar-refractivity contribution in [2.24, 2.45) is 0 Å². The molecule has 2 aliphatic heterocycles. The second-order valence-electron chi connectivity index (χ2n) is 8.81. The summed E-state index contributed by atoms with van der Waals surface area (Å²) in [5.74, 6) is -2.52. The molecule has 2 saturated heterocycles. The van der Waals surface area contributed by atoms with Gasteiger partial charge in [0.05, 0.1) is 12.1 Å². The van der Waals surface area contributed by atoms with Crippen molar-refractivity contribution in [1.82, 2.24) is 25.5 Å². The van der Waals surface area contributed by atoms with Crippen LogP contribution in [0.2, 0.25) is 0 Å². The Morgan fingerprint density at radius 1 is 0.829 bits per heavy atom. The van der Waals surface area contributed by atoms with E-state index in [4.69, 9.17) is 9.94 Å². The number of hydroxylamine groups is 2. The number of imide groups is 1. The number of hydrogen-bond acceptors (Lipinski definition) is 9. The number of benzene rings is 1. The second kappa shape index (κ2) is 13.9. The fourth-order valence-corrected chi connectivity index (χ4v) is 4.11. The standard InChI is InChI=1S/C24H35N5O6/c30-21-7-8-22(31)29(21)35-24(34)20-5-3-19(4-6-20)17-27-13-1-9-26-12-16-28(18-23(32)33)14-2-10-25-11-15-27/h3-6,25-26H,1-2,7-18H2,(H,32,33). The van der Waals surface area contributed by atoms with Crippen molar-refractivity contribution in [3.63, 3.8) is 0 Å². The molecule has 2 aliphatic rings. The minimum absolute atomic E-state index is 0.0639. The maximum absolute atomic E-state index is 12.3. The number of aliphatic carboxylic acids is 1. The Balaban J connectivity index is 1.48. The first-order chi connectivity index (χ1) is 16.9. The Kier molecular flexibility index (Phi) is 10.6. The second-order valence-corrected chi connectivity index (χ2v) is 8.81. The van der Waals surface area contributed by atoms with Crippen LogP contribution in [0.5, 0.6) is 0 Å². The molecule has 0 spiro atoms. The van der Waals surface area contributed by atoms with E-state index in [2.05, 4.69) is 15.5 Å². The van der Waals surface area contributed by atoms with Crippen LogP contribution in [0, 0.1) is 0 Å². The number of carbonyl (C=O) groups excluding carboxylic acids is 3. The molecule has 2 fully saturated rings. The van der Waals surface area contributed by atoms with Crippen molar-refractivity contribution in [2.45, 2.75) is 32.2 Å². The molecule has 3 rings (SSSR count). The summed E-state index contributed by atoms with van der Waals surface area (Å²) in [7, 11) is 0. The van der Waals surface area contributed by atoms with Gasteiger partial charge >= 0.3 is 11.9 Å². The quantitative estimate of drug-likeness (QED) is 0.472. The average Bonchev–Trinajstić information content (AvgIpc) is 3.14. The highest BCUT2D eigenvalue weighted by Crippen LogP contribution is 2.15. The number of carboxylic acid groups (broad SMARTS) is 1. The first-order valence-corrected chi connectivity index (χ1v) is 12.2. The number of nitrogens with one attached hydrogen (secondary N) is 2. The smallest absolute Gasteiger partial charge is 0.363 e. The first-order valence-electron chi connectivity index (χ1n) is 12.2. The minimum atomic E-state index is -0.795. The molecule has 0 aromatic heterocycles. The van der Waals surface area contributed by atoms with Gasteiger partial charge in [-0.3, -0.25) is 24.2 Å². The lowest BCUT2D eigenvalue weighted by molar-refractivity contribution is -0.172. The zero-order valence-corrected chi connectivity index (χ0v) is 20.0. The van der Waals surface area contributed by atoms with Crippen molar-refractivity contribution in [2.75, 3.05) is 58.9 Å². The van der Waals surface area contributed by atoms with Gasteiger partial charge in [0.15, 0.2) is 0 Å². The van der Waals surface area contributed by atoms with Gasteiger partial charge in [0.25, 0.3) is 11.8 Å². The number of nitrogens with zero attached hydrogens (tertiary/aromatic N) is 3. The van der Waals surface area contributed by atoms with Crippen molar-refractivity contribution >= 4 is 23.8 Å². The van der Waals surface area contributed by atoms with E-state index in [1.165, 1.54) is 0 Å². The molecule has 0 atom stereocenters. The Labute approximate surface area is 205 Å². The first kappa shape index (κ1) is 26.7. The molecule has 3 N–H and O–H groups in total. The fraction of sp³-hybridized carbons (Fsp3) is 0.583. The summed E-state index contributed by atoms with van der Waals surface area (Å²) in [4.78, 5) is 55.9. The number of amides is 2. The normalized spacial score (nSPS) is 19.9. The van der Waals surface area contributed by atoms with Gasteiger partial charge in [-0.15, -0.1) is 5.06 Å². The molecule has 11 nitrogen and oxygen atoms in total. The van der Waals surface area contributed by atoms with Gasteiger partial charge in [-0.2, -0.15) is 0 Å². The number of carboxylic acids is 1. The van der Waals surface area contributed by atoms with Crippen molar-refractivity contribution < 1.29 is 29.1 Å². The van der Waals surface area contributed by atoms with Gasteiger partial charge < -0.3 is 20.6 Å². The van der Waals surface area contributed by atoms with Crippen molar-refractivity contribution in [3.8, 4) is 0 Å². The van der Waals surface area contributed by atoms with E-state index in [0.29, 0.717) is 11.6 Å². The summed E-state index contributed by atoms with van der Waals surface area (Å²) < 4.78 is 0. The van der Waals surface area contributed by atoms with Gasteiger partial charge in [0.1, 0.15) is 0 Å². The lowest BCUT2D eigenvalue weighted by atomic mass is 10.1. The molecule has 1 aromatic rings. The molecular formula is C24H35N5O6. The zero-order valence-electron chi connectivity index (χ0n) is 20.0. The maximum Gasteiger partial charge on any atom is 0.363 e. The average molecular weight is 490 g/mol. The summed E-state index contributed by atoms with van der Waals surface area (Å²) in [5.41, 5.74) is 1.33. The predicted octanol–water partition coefficient (Wildman–Crippen LogP) is 0.0690. The molecule has 2 heterocycles. The van der Waals surface area contributed by atoms with E-state index in [1.807, 2.05) is 17.0 Å². The molecule has 0 bridgehead atoms. The predicted molar refractivity (Wildman–Crippen MR) is 127 cm³/mol. The summed E-state index contributed by atoms with van der Waals surface area (Å²) in [6, 6.07) is 7.02. The van der Waals surface area contributed by atoms with Gasteiger partial charge in [0, 0.05) is 45.6 Å². The van der Waals surface area contributed by atoms with Crippen LogP contribution >= 0.6 is 0 Å². The summed E-state index contributed by atoms with van der Waals surface area (Å²) in [6.07, 6.45) is 1.98. The third-order valence-electron chi connectivity index (χ3n) is 6.00. The Bertz CT molecular complexity index is 846. The van der Waals surface area contributed by atoms with Crippen LogP contribution in [0.3, 0.4) is 0 Å². The SMILES string of the molecule is O=C(O)CN1CCCNCCN(Cc2ccc(C(=O)ON3C(=O)CCC3=O)cc2)CCCNCC1. The Morgan fingerprint density at radius 2 is 1.40 bits per heavy atom. The molecule has 0 aliphatic carbocycles. The van der Waals surface area contributed by atoms with E-state index in [-0.39, 0.29) is 24.9 Å². The van der Waals surface area contributed by atoms with Crippen LogP contribution in [0.15, 0.2) is 24.3 Å². The molecule has 1 aromatic carbocycles. The molecule has 2 amide bonds. The fourth-order valence-electron chi connectivity index (χ4n) is 4.11. The summed E-state index contributed by atoms with van der Waals surface area (Å²) in [6.45, 7) is 7.29. The van der Waals surface area contributed by atoms with E-state index >= 15 is 0 Å². The lowest BCUT2D eigenvalue weighted by Crippen LogP contribution is -2.39. The van der Waals surface area contributed by atoms with E-state index in [0.717, 1.165) is 70.8 Å². The minimum Gasteiger partial charge on any atom is -0.480 e. The Hall–Kier alpha value is -2.86. The van der Waals surface area contributed by atoms with E-state index in [1.54, 1.807) is 12.1 Å². The highest BCUT2D eigenvalue weighted by Gasteiger charge is 2.33. The third kappa shape index (κ3) is 9.02. The van der Waals surface area contributed by atoms with Gasteiger partial charge in [-0.1, -0.05) is 12.1 Å². The zero-order chi connectivity index (χ0) is 25.0. The molecule has 192 valence electrons. The van der Waals surface area contributed by atoms with Gasteiger partial charge in [-0.25, -0.2) is 4.79 Å². The van der Waals surface area contributed by atoms with Gasteiger partial charge in [-0.05, 0) is 56.7 Å². The molecule has 35 heavy (non-hydrogen) atoms.